The number of halogens is 4. The Morgan fingerprint density at radius 2 is 2.00 bits per heavy atom. The lowest BCUT2D eigenvalue weighted by Gasteiger charge is -2.11. The Kier molecular flexibility index (Phi) is 4.88. The van der Waals surface area contributed by atoms with Gasteiger partial charge in [-0.3, -0.25) is 9.63 Å². The van der Waals surface area contributed by atoms with E-state index in [0.717, 1.165) is 12.1 Å². The molecule has 0 heterocycles. The molecule has 0 unspecified atom stereocenters. The third-order valence-electron chi connectivity index (χ3n) is 2.13. The van der Waals surface area contributed by atoms with Gasteiger partial charge < -0.3 is 0 Å². The quantitative estimate of drug-likeness (QED) is 0.679. The minimum Gasteiger partial charge on any atom is -0.273 e. The molecule has 7 heteroatoms. The van der Waals surface area contributed by atoms with Crippen LogP contribution in [0.3, 0.4) is 0 Å². The van der Waals surface area contributed by atoms with Gasteiger partial charge in [0.05, 0.1) is 17.7 Å². The van der Waals surface area contributed by atoms with E-state index in [1.54, 1.807) is 0 Å². The number of carbonyl (C=O) groups excluding carboxylic acids is 1. The molecule has 0 aliphatic rings. The van der Waals surface area contributed by atoms with E-state index in [0.29, 0.717) is 6.07 Å². The zero-order valence-electron chi connectivity index (χ0n) is 10.3. The first kappa shape index (κ1) is 15.4. The van der Waals surface area contributed by atoms with Crippen molar-refractivity contribution in [3.05, 3.63) is 35.1 Å². The van der Waals surface area contributed by atoms with Gasteiger partial charge in [-0.25, -0.2) is 9.87 Å². The minimum absolute atomic E-state index is 0.117. The van der Waals surface area contributed by atoms with Crippen LogP contribution in [0, 0.1) is 11.7 Å². The molecule has 1 N–H and O–H groups in total. The van der Waals surface area contributed by atoms with Gasteiger partial charge in [0.15, 0.2) is 0 Å². The van der Waals surface area contributed by atoms with Crippen molar-refractivity contribution >= 4 is 5.91 Å². The van der Waals surface area contributed by atoms with Crippen molar-refractivity contribution in [2.24, 2.45) is 5.92 Å². The highest BCUT2D eigenvalue weighted by Crippen LogP contribution is 2.32. The highest BCUT2D eigenvalue weighted by atomic mass is 19.4. The van der Waals surface area contributed by atoms with Crippen molar-refractivity contribution in [3.8, 4) is 0 Å². The van der Waals surface area contributed by atoms with Gasteiger partial charge in [-0.15, -0.1) is 0 Å². The van der Waals surface area contributed by atoms with E-state index < -0.39 is 29.0 Å². The monoisotopic (exact) mass is 279 g/mol. The average molecular weight is 279 g/mol. The van der Waals surface area contributed by atoms with Gasteiger partial charge in [-0.2, -0.15) is 13.2 Å². The van der Waals surface area contributed by atoms with Gasteiger partial charge in [0.2, 0.25) is 0 Å². The molecule has 1 aromatic carbocycles. The second-order valence-electron chi connectivity index (χ2n) is 4.30. The summed E-state index contributed by atoms with van der Waals surface area (Å²) in [5.74, 6) is -2.54. The van der Waals surface area contributed by atoms with E-state index in [9.17, 15) is 22.4 Å². The molecule has 1 rings (SSSR count). The number of rotatable bonds is 4. The third kappa shape index (κ3) is 4.20. The lowest BCUT2D eigenvalue weighted by molar-refractivity contribution is -0.140. The van der Waals surface area contributed by atoms with Crippen LogP contribution in [0.2, 0.25) is 0 Å². The Balaban J connectivity index is 2.87. The number of benzene rings is 1. The second-order valence-corrected chi connectivity index (χ2v) is 4.30. The van der Waals surface area contributed by atoms with Gasteiger partial charge in [0.1, 0.15) is 5.82 Å². The summed E-state index contributed by atoms with van der Waals surface area (Å²) < 4.78 is 50.9. The second kappa shape index (κ2) is 6.01. The molecule has 0 atom stereocenters. The molecular formula is C12H13F4NO2. The molecule has 3 nitrogen and oxygen atoms in total. The number of carbonyl (C=O) groups is 1. The van der Waals surface area contributed by atoms with Crippen LogP contribution in [0.1, 0.15) is 29.8 Å². The van der Waals surface area contributed by atoms with Crippen molar-refractivity contribution in [1.29, 1.82) is 0 Å². The maximum Gasteiger partial charge on any atom is 0.419 e. The van der Waals surface area contributed by atoms with Crippen LogP contribution in [0.15, 0.2) is 18.2 Å². The summed E-state index contributed by atoms with van der Waals surface area (Å²) in [6, 6.07) is 2.49. The lowest BCUT2D eigenvalue weighted by atomic mass is 10.1. The molecule has 0 bridgehead atoms. The maximum absolute atomic E-state index is 13.6. The van der Waals surface area contributed by atoms with E-state index >= 15 is 0 Å². The van der Waals surface area contributed by atoms with Crippen LogP contribution in [-0.4, -0.2) is 12.5 Å². The Morgan fingerprint density at radius 1 is 1.37 bits per heavy atom. The van der Waals surface area contributed by atoms with Crippen molar-refractivity contribution < 1.29 is 27.2 Å². The third-order valence-corrected chi connectivity index (χ3v) is 2.13. The van der Waals surface area contributed by atoms with E-state index in [4.69, 9.17) is 4.84 Å². The lowest BCUT2D eigenvalue weighted by Crippen LogP contribution is -2.27. The maximum atomic E-state index is 13.6. The molecule has 0 saturated heterocycles. The summed E-state index contributed by atoms with van der Waals surface area (Å²) in [5, 5.41) is 0. The number of hydroxylamine groups is 1. The van der Waals surface area contributed by atoms with Crippen LogP contribution in [0.5, 0.6) is 0 Å². The van der Waals surface area contributed by atoms with E-state index in [1.165, 1.54) is 0 Å². The van der Waals surface area contributed by atoms with Crippen molar-refractivity contribution in [2.45, 2.75) is 20.0 Å². The number of alkyl halides is 3. The van der Waals surface area contributed by atoms with E-state index in [-0.39, 0.29) is 12.5 Å². The summed E-state index contributed by atoms with van der Waals surface area (Å²) in [5.41, 5.74) is -0.289. The van der Waals surface area contributed by atoms with Gasteiger partial charge in [0.25, 0.3) is 5.91 Å². The molecule has 0 aromatic heterocycles. The van der Waals surface area contributed by atoms with Crippen LogP contribution < -0.4 is 5.48 Å². The predicted octanol–water partition coefficient (Wildman–Crippen LogP) is 3.16. The van der Waals surface area contributed by atoms with Gasteiger partial charge >= 0.3 is 6.18 Å². The molecule has 0 radical (unpaired) electrons. The minimum atomic E-state index is -4.85. The molecule has 106 valence electrons. The summed E-state index contributed by atoms with van der Waals surface area (Å²) in [4.78, 5) is 16.2. The average Bonchev–Trinajstić information content (AvgIpc) is 2.26. The van der Waals surface area contributed by atoms with Crippen molar-refractivity contribution in [1.82, 2.24) is 5.48 Å². The van der Waals surface area contributed by atoms with E-state index in [2.05, 4.69) is 0 Å². The summed E-state index contributed by atoms with van der Waals surface area (Å²) >= 11 is 0. The van der Waals surface area contributed by atoms with Crippen molar-refractivity contribution in [3.63, 3.8) is 0 Å². The fourth-order valence-corrected chi connectivity index (χ4v) is 1.26. The molecule has 1 aromatic rings. The van der Waals surface area contributed by atoms with Crippen LogP contribution in [-0.2, 0) is 11.0 Å². The Morgan fingerprint density at radius 3 is 2.53 bits per heavy atom. The highest BCUT2D eigenvalue weighted by Gasteiger charge is 2.35. The van der Waals surface area contributed by atoms with E-state index in [1.807, 2.05) is 19.3 Å². The number of amides is 1. The van der Waals surface area contributed by atoms with Crippen molar-refractivity contribution in [2.75, 3.05) is 6.61 Å². The first-order valence-electron chi connectivity index (χ1n) is 5.51. The van der Waals surface area contributed by atoms with Gasteiger partial charge in [-0.1, -0.05) is 19.9 Å². The topological polar surface area (TPSA) is 38.3 Å². The molecule has 0 saturated carbocycles. The van der Waals surface area contributed by atoms with Gasteiger partial charge in [0, 0.05) is 0 Å². The predicted molar refractivity (Wildman–Crippen MR) is 59.7 cm³/mol. The normalized spacial score (nSPS) is 11.7. The van der Waals surface area contributed by atoms with Crippen LogP contribution in [0.4, 0.5) is 17.6 Å². The van der Waals surface area contributed by atoms with Gasteiger partial charge in [-0.05, 0) is 18.1 Å². The van der Waals surface area contributed by atoms with Crippen LogP contribution in [0.25, 0.3) is 0 Å². The molecule has 0 aliphatic heterocycles. The zero-order valence-corrected chi connectivity index (χ0v) is 10.3. The number of hydrogen-bond donors (Lipinski definition) is 1. The number of nitrogens with one attached hydrogen (secondary N) is 1. The summed E-state index contributed by atoms with van der Waals surface area (Å²) in [7, 11) is 0. The SMILES string of the molecule is CC(C)CONC(=O)c1cccc(C(F)(F)F)c1F. The molecule has 19 heavy (non-hydrogen) atoms. The Hall–Kier alpha value is -1.63. The zero-order chi connectivity index (χ0) is 14.6. The molecule has 1 amide bonds. The Bertz CT molecular complexity index is 458. The highest BCUT2D eigenvalue weighted by molar-refractivity contribution is 5.94. The summed E-state index contributed by atoms with van der Waals surface area (Å²) in [6.07, 6.45) is -4.85. The largest absolute Gasteiger partial charge is 0.419 e. The standard InChI is InChI=1S/C12H13F4NO2/c1-7(2)6-19-17-11(18)8-4-3-5-9(10(8)13)12(14,15)16/h3-5,7H,6H2,1-2H3,(H,17,18). The summed E-state index contributed by atoms with van der Waals surface area (Å²) in [6.45, 7) is 3.81. The molecule has 0 aliphatic carbocycles. The molecule has 0 fully saturated rings. The Labute approximate surface area is 107 Å². The number of hydrogen-bond acceptors (Lipinski definition) is 2. The smallest absolute Gasteiger partial charge is 0.273 e. The molecule has 0 spiro atoms. The first-order valence-corrected chi connectivity index (χ1v) is 5.51. The first-order chi connectivity index (χ1) is 8.73. The molecular weight excluding hydrogens is 266 g/mol. The fourth-order valence-electron chi connectivity index (χ4n) is 1.26. The fraction of sp³-hybridized carbons (Fsp3) is 0.417. The van der Waals surface area contributed by atoms with Crippen LogP contribution >= 0.6 is 0 Å².